The van der Waals surface area contributed by atoms with E-state index in [0.29, 0.717) is 73.4 Å². The molecule has 0 saturated carbocycles. The monoisotopic (exact) mass is 1660 g/mol. The van der Waals surface area contributed by atoms with Crippen molar-refractivity contribution < 1.29 is 58.8 Å². The molecular weight excluding hydrogens is 1570 g/mol. The molecule has 0 atom stereocenters. The van der Waals surface area contributed by atoms with Crippen LogP contribution in [0.25, 0.3) is 38.9 Å². The maximum absolute atomic E-state index is 13.0. The summed E-state index contributed by atoms with van der Waals surface area (Å²) in [5.41, 5.74) is 6.07. The van der Waals surface area contributed by atoms with Crippen LogP contribution in [0.4, 0.5) is 53.8 Å². The second-order valence-electron chi connectivity index (χ2n) is 31.6. The number of fused-ring (bicyclic) bond motifs is 2. The Morgan fingerprint density at radius 3 is 1.34 bits per heavy atom. The highest BCUT2D eigenvalue weighted by atomic mass is 35.5. The fourth-order valence-corrected chi connectivity index (χ4v) is 15.4. The number of anilines is 6. The number of H-pyrrole nitrogens is 1. The van der Waals surface area contributed by atoms with Crippen LogP contribution in [-0.2, 0) is 80.9 Å². The average Bonchev–Trinajstić information content (AvgIpc) is 1.62. The van der Waals surface area contributed by atoms with Crippen molar-refractivity contribution in [3.63, 3.8) is 0 Å². The van der Waals surface area contributed by atoms with Gasteiger partial charge in [-0.15, -0.1) is 0 Å². The number of carbonyl (C=O) groups excluding carboxylic acids is 6. The number of ether oxygens (including phenoxy) is 1. The van der Waals surface area contributed by atoms with Crippen molar-refractivity contribution >= 4 is 135 Å². The molecule has 5 aromatic heterocycles. The zero-order valence-corrected chi connectivity index (χ0v) is 69.5. The van der Waals surface area contributed by atoms with Gasteiger partial charge in [0.1, 0.15) is 41.0 Å². The van der Waals surface area contributed by atoms with Crippen molar-refractivity contribution in [2.24, 2.45) is 0 Å². The number of amides is 9. The molecule has 10 N–H and O–H groups in total. The first-order valence-electron chi connectivity index (χ1n) is 36.3. The molecule has 610 valence electrons. The Bertz CT molecular complexity index is 5910. The molecule has 0 radical (unpaired) electrons. The number of para-hydroxylation sites is 1. The Morgan fingerprint density at radius 1 is 0.500 bits per heavy atom. The first kappa shape index (κ1) is 84.8. The molecule has 0 aliphatic carbocycles. The van der Waals surface area contributed by atoms with Gasteiger partial charge in [-0.25, -0.2) is 52.4 Å². The second kappa shape index (κ2) is 33.0. The zero-order valence-electron chi connectivity index (χ0n) is 66.3. The predicted molar refractivity (Wildman–Crippen MR) is 446 cm³/mol. The molecule has 13 rings (SSSR count). The highest BCUT2D eigenvalue weighted by Gasteiger charge is 2.51. The van der Waals surface area contributed by atoms with Crippen LogP contribution in [0.1, 0.15) is 124 Å². The summed E-state index contributed by atoms with van der Waals surface area (Å²) < 4.78 is 92.1. The van der Waals surface area contributed by atoms with Gasteiger partial charge < -0.3 is 20.4 Å². The van der Waals surface area contributed by atoms with Crippen LogP contribution < -0.4 is 46.1 Å². The Hall–Kier alpha value is -12.1. The maximum atomic E-state index is 13.0. The summed E-state index contributed by atoms with van der Waals surface area (Å²) in [5.74, 6) is 0.666. The van der Waals surface area contributed by atoms with Gasteiger partial charge >= 0.3 is 54.8 Å². The lowest BCUT2D eigenvalue weighted by Crippen LogP contribution is -2.43. The molecule has 7 heterocycles. The molecule has 33 nitrogen and oxygen atoms in total. The fourth-order valence-electron chi connectivity index (χ4n) is 11.6. The molecule has 9 amide bonds. The zero-order chi connectivity index (χ0) is 84.4. The number of aromatic nitrogens is 8. The van der Waals surface area contributed by atoms with Gasteiger partial charge in [0, 0.05) is 101 Å². The van der Waals surface area contributed by atoms with E-state index >= 15 is 0 Å². The summed E-state index contributed by atoms with van der Waals surface area (Å²) >= 11 is 5.90. The Kier molecular flexibility index (Phi) is 24.2. The third kappa shape index (κ3) is 20.2. The smallest absolute Gasteiger partial charge is 0.422 e. The molecule has 0 spiro atoms. The highest BCUT2D eigenvalue weighted by Crippen LogP contribution is 2.34. The summed E-state index contributed by atoms with van der Waals surface area (Å²) in [6, 6.07) is 50.8. The van der Waals surface area contributed by atoms with Crippen LogP contribution in [0.3, 0.4) is 0 Å². The first-order chi connectivity index (χ1) is 54.2. The Labute approximate surface area is 676 Å². The van der Waals surface area contributed by atoms with Crippen molar-refractivity contribution in [1.82, 2.24) is 66.4 Å². The molecule has 2 saturated heterocycles. The number of nitrogens with zero attached hydrogens (tertiary/aromatic N) is 10. The molecule has 0 bridgehead atoms. The summed E-state index contributed by atoms with van der Waals surface area (Å²) in [7, 11) is -9.19. The van der Waals surface area contributed by atoms with Crippen molar-refractivity contribution in [1.29, 1.82) is 0 Å². The average molecular weight is 1660 g/mol. The van der Waals surface area contributed by atoms with Crippen LogP contribution in [0, 0.1) is 0 Å². The van der Waals surface area contributed by atoms with Crippen molar-refractivity contribution in [3.8, 4) is 17.1 Å². The molecule has 2 aliphatic rings. The van der Waals surface area contributed by atoms with Crippen molar-refractivity contribution in [2.75, 3.05) is 46.0 Å². The molecule has 6 aromatic carbocycles. The van der Waals surface area contributed by atoms with Crippen LogP contribution in [-0.4, -0.2) is 139 Å². The van der Waals surface area contributed by atoms with E-state index in [2.05, 4.69) is 56.4 Å². The van der Waals surface area contributed by atoms with Crippen LogP contribution in [0.2, 0.25) is 5.02 Å². The number of pyridine rings is 1. The number of urea groups is 3. The van der Waals surface area contributed by atoms with Crippen LogP contribution in [0.5, 0.6) is 0 Å². The topological polar surface area (TPSA) is 414 Å². The molecule has 11 aromatic rings. The number of carbonyl (C=O) groups is 6. The third-order valence-electron chi connectivity index (χ3n) is 18.6. The number of rotatable bonds is 17. The number of nitrogens with one attached hydrogen (secondary N) is 10. The van der Waals surface area contributed by atoms with Gasteiger partial charge in [0.05, 0.1) is 39.7 Å². The fraction of sp³-hybridized carbons (Fsp3) is 0.291. The van der Waals surface area contributed by atoms with Crippen LogP contribution >= 0.6 is 11.6 Å². The lowest BCUT2D eigenvalue weighted by Gasteiger charge is -2.25. The molecule has 116 heavy (non-hydrogen) atoms. The van der Waals surface area contributed by atoms with E-state index in [1.54, 1.807) is 156 Å². The van der Waals surface area contributed by atoms with Crippen molar-refractivity contribution in [3.05, 3.63) is 221 Å². The lowest BCUT2D eigenvalue weighted by molar-refractivity contribution is -0.125. The van der Waals surface area contributed by atoms with Gasteiger partial charge in [-0.2, -0.15) is 53.5 Å². The normalized spacial score (nSPS) is 15.1. The van der Waals surface area contributed by atoms with Gasteiger partial charge in [-0.1, -0.05) is 129 Å². The maximum Gasteiger partial charge on any atom is 0.422 e. The summed E-state index contributed by atoms with van der Waals surface area (Å²) in [4.78, 5) is 82.3. The standard InChI is InChI=1S/C28H31N7O4S.C27H31N7O4S.C24H29ClN6O5S/c1-27(2,3)22-16-24(31-26(37)30-23-15-12-19-8-6-7-9-21(19)29-23)35(32-22)20-13-10-18(11-14-20)17-34-28(4,5)25(36)33-40(34,38)39;1-26(2,3)22-15-23(30-25(36)29-19-8-11-21-18(14-19)12-13-28-21)34(31-22)20-9-6-17(7-10-20)16-33-27(4,5)24(35)32-39(33,37)38;1-24(2,3)20-14-21(27-22(32)26-18-10-8-17(25)9-11-18)31(28-20)19-12-6-16(7-13-19)15-36-23(33)29-37(34,35)30(4)5/h6-16H,17H2,1-5H3,(H,33,36)(H2,29,30,31,37);6-15,28H,16H2,1-5H3,(H,32,35)(H2,29,30,36);6-14H,15H2,1-5H3,(H,29,33)(H2,26,27,32). The van der Waals surface area contributed by atoms with Gasteiger partial charge in [0.2, 0.25) is 0 Å². The lowest BCUT2D eigenvalue weighted by atomic mass is 9.92. The minimum atomic E-state index is -3.94. The molecule has 0 unspecified atom stereocenters. The first-order valence-corrected chi connectivity index (χ1v) is 41.0. The molecular formula is C79H91ClN20O13S3. The number of benzene rings is 6. The number of hydrogen-bond donors (Lipinski definition) is 10. The van der Waals surface area contributed by atoms with Gasteiger partial charge in [0.15, 0.2) is 0 Å². The van der Waals surface area contributed by atoms with Gasteiger partial charge in [-0.3, -0.25) is 30.9 Å². The van der Waals surface area contributed by atoms with Gasteiger partial charge in [0.25, 0.3) is 11.8 Å². The minimum Gasteiger partial charge on any atom is -0.444 e. The predicted octanol–water partition coefficient (Wildman–Crippen LogP) is 13.1. The van der Waals surface area contributed by atoms with E-state index in [1.165, 1.54) is 14.1 Å². The molecule has 37 heteroatoms. The largest absolute Gasteiger partial charge is 0.444 e. The quantitative estimate of drug-likeness (QED) is 0.0405. The summed E-state index contributed by atoms with van der Waals surface area (Å²) in [6.45, 7) is 24.4. The van der Waals surface area contributed by atoms with E-state index in [0.717, 1.165) is 51.8 Å². The molecule has 2 aliphatic heterocycles. The number of hydrogen-bond acceptors (Lipinski definition) is 17. The van der Waals surface area contributed by atoms with E-state index in [4.69, 9.17) is 26.5 Å². The summed E-state index contributed by atoms with van der Waals surface area (Å²) in [5, 5.41) is 33.7. The summed E-state index contributed by atoms with van der Waals surface area (Å²) in [6.07, 6.45) is 0.756. The third-order valence-corrected chi connectivity index (χ3v) is 23.4. The number of halogens is 1. The SMILES string of the molecule is CC(C)(C)c1cc(NC(=O)Nc2ccc3[nH]ccc3c2)n(-c2ccc(CN3C(C)(C)C(=O)NS3(=O)=O)cc2)n1.CC(C)(C)c1cc(NC(=O)Nc2ccc3ccccc3n2)n(-c2ccc(CN3C(C)(C)C(=O)NS3(=O)=O)cc2)n1.CN(C)S(=O)(=O)NC(=O)OCc1ccc(-n2nc(C(C)(C)C)cc2NC(=O)Nc2ccc(Cl)cc2)cc1. The van der Waals surface area contributed by atoms with Crippen LogP contribution in [0.15, 0.2) is 182 Å². The minimum absolute atomic E-state index is 0.0208. The number of aromatic amines is 1. The second-order valence-corrected chi connectivity index (χ2v) is 37.1. The van der Waals surface area contributed by atoms with E-state index in [1.807, 2.05) is 135 Å². The van der Waals surface area contributed by atoms with Crippen molar-refractivity contribution in [2.45, 2.75) is 137 Å². The van der Waals surface area contributed by atoms with E-state index in [-0.39, 0.29) is 35.9 Å². The van der Waals surface area contributed by atoms with E-state index in [9.17, 15) is 54.0 Å². The Balaban J connectivity index is 0.000000171. The van der Waals surface area contributed by atoms with E-state index < -0.39 is 77.7 Å². The molecule has 2 fully saturated rings. The van der Waals surface area contributed by atoms with Gasteiger partial charge in [-0.05, 0) is 148 Å². The Morgan fingerprint density at radius 2 is 0.914 bits per heavy atom. The highest BCUT2D eigenvalue weighted by molar-refractivity contribution is 7.88.